The van der Waals surface area contributed by atoms with Crippen LogP contribution in [-0.2, 0) is 9.48 Å². The highest BCUT2D eigenvalue weighted by Crippen LogP contribution is 2.44. The van der Waals surface area contributed by atoms with E-state index in [1.807, 2.05) is 0 Å². The Hall–Kier alpha value is -1.29. The number of thioether (sulfide) groups is 1. The standard InChI is InChI=1S/C21H27NOS/c1-3-13-24-21(14-20(15-23-2)22-16-21)19-11-9-18(10-12-19)17-7-5-4-6-8-17/h4-12,20,22H,3,13-16H2,1-2H3. The molecule has 2 nitrogen and oxygen atoms in total. The molecular formula is C21H27NOS. The van der Waals surface area contributed by atoms with Gasteiger partial charge in [-0.25, -0.2) is 0 Å². The van der Waals surface area contributed by atoms with Crippen LogP contribution < -0.4 is 5.32 Å². The third kappa shape index (κ3) is 3.85. The molecule has 2 aromatic carbocycles. The van der Waals surface area contributed by atoms with Crippen molar-refractivity contribution >= 4 is 11.8 Å². The van der Waals surface area contributed by atoms with Crippen LogP contribution >= 0.6 is 11.8 Å². The van der Waals surface area contributed by atoms with E-state index in [0.717, 1.165) is 19.6 Å². The molecule has 1 aliphatic heterocycles. The van der Waals surface area contributed by atoms with Crippen molar-refractivity contribution in [2.24, 2.45) is 0 Å². The van der Waals surface area contributed by atoms with Crippen LogP contribution in [0.4, 0.5) is 0 Å². The predicted molar refractivity (Wildman–Crippen MR) is 105 cm³/mol. The summed E-state index contributed by atoms with van der Waals surface area (Å²) < 4.78 is 5.54. The molecule has 0 amide bonds. The molecule has 2 unspecified atom stereocenters. The van der Waals surface area contributed by atoms with Gasteiger partial charge >= 0.3 is 0 Å². The lowest BCUT2D eigenvalue weighted by Gasteiger charge is -2.29. The Morgan fingerprint density at radius 3 is 2.46 bits per heavy atom. The van der Waals surface area contributed by atoms with Gasteiger partial charge in [0.2, 0.25) is 0 Å². The first kappa shape index (κ1) is 17.5. The summed E-state index contributed by atoms with van der Waals surface area (Å²) in [7, 11) is 1.79. The molecule has 128 valence electrons. The molecule has 1 aliphatic rings. The molecule has 0 aliphatic carbocycles. The highest BCUT2D eigenvalue weighted by molar-refractivity contribution is 8.00. The maximum absolute atomic E-state index is 5.36. The Labute approximate surface area is 150 Å². The van der Waals surface area contributed by atoms with E-state index in [-0.39, 0.29) is 4.75 Å². The second-order valence-electron chi connectivity index (χ2n) is 6.52. The topological polar surface area (TPSA) is 21.3 Å². The fraction of sp³-hybridized carbons (Fsp3) is 0.429. The Morgan fingerprint density at radius 1 is 1.08 bits per heavy atom. The highest BCUT2D eigenvalue weighted by Gasteiger charge is 2.40. The van der Waals surface area contributed by atoms with Crippen LogP contribution in [0.2, 0.25) is 0 Å². The Balaban J connectivity index is 1.83. The fourth-order valence-corrected chi connectivity index (χ4v) is 4.88. The molecular weight excluding hydrogens is 314 g/mol. The monoisotopic (exact) mass is 341 g/mol. The van der Waals surface area contributed by atoms with Crippen molar-refractivity contribution in [2.45, 2.75) is 30.6 Å². The summed E-state index contributed by atoms with van der Waals surface area (Å²) in [6, 6.07) is 20.2. The van der Waals surface area contributed by atoms with Gasteiger partial charge in [-0.05, 0) is 35.3 Å². The Morgan fingerprint density at radius 2 is 1.79 bits per heavy atom. The van der Waals surface area contributed by atoms with E-state index in [9.17, 15) is 0 Å². The first-order chi connectivity index (χ1) is 11.8. The lowest BCUT2D eigenvalue weighted by molar-refractivity contribution is 0.173. The lowest BCUT2D eigenvalue weighted by atomic mass is 9.93. The molecule has 1 N–H and O–H groups in total. The van der Waals surface area contributed by atoms with Gasteiger partial charge in [0, 0.05) is 19.7 Å². The van der Waals surface area contributed by atoms with Gasteiger partial charge in [-0.2, -0.15) is 0 Å². The zero-order chi connectivity index (χ0) is 16.8. The van der Waals surface area contributed by atoms with Crippen LogP contribution in [0.15, 0.2) is 54.6 Å². The van der Waals surface area contributed by atoms with Crippen molar-refractivity contribution in [3.8, 4) is 11.1 Å². The summed E-state index contributed by atoms with van der Waals surface area (Å²) in [6.07, 6.45) is 2.35. The van der Waals surface area contributed by atoms with Crippen LogP contribution in [-0.4, -0.2) is 32.1 Å². The van der Waals surface area contributed by atoms with E-state index in [4.69, 9.17) is 4.74 Å². The Kier molecular flexibility index (Phi) is 5.99. The van der Waals surface area contributed by atoms with Crippen molar-refractivity contribution < 1.29 is 4.74 Å². The van der Waals surface area contributed by atoms with Gasteiger partial charge in [-0.3, -0.25) is 0 Å². The van der Waals surface area contributed by atoms with Crippen molar-refractivity contribution in [3.05, 3.63) is 60.2 Å². The van der Waals surface area contributed by atoms with Gasteiger partial charge in [0.1, 0.15) is 0 Å². The zero-order valence-electron chi connectivity index (χ0n) is 14.6. The average Bonchev–Trinajstić information content (AvgIpc) is 3.05. The molecule has 1 heterocycles. The largest absolute Gasteiger partial charge is 0.383 e. The van der Waals surface area contributed by atoms with E-state index in [0.29, 0.717) is 6.04 Å². The number of rotatable bonds is 7. The number of hydrogen-bond donors (Lipinski definition) is 1. The van der Waals surface area contributed by atoms with E-state index in [2.05, 4.69) is 78.6 Å². The lowest BCUT2D eigenvalue weighted by Crippen LogP contribution is -2.26. The molecule has 2 atom stereocenters. The molecule has 0 radical (unpaired) electrons. The quantitative estimate of drug-likeness (QED) is 0.789. The van der Waals surface area contributed by atoms with Gasteiger partial charge in [0.15, 0.2) is 0 Å². The zero-order valence-corrected chi connectivity index (χ0v) is 15.4. The average molecular weight is 342 g/mol. The number of hydrogen-bond acceptors (Lipinski definition) is 3. The number of nitrogens with one attached hydrogen (secondary N) is 1. The van der Waals surface area contributed by atoms with Gasteiger partial charge in [0.25, 0.3) is 0 Å². The summed E-state index contributed by atoms with van der Waals surface area (Å²) >= 11 is 2.10. The van der Waals surface area contributed by atoms with Gasteiger partial charge in [-0.1, -0.05) is 61.5 Å². The number of benzene rings is 2. The van der Waals surface area contributed by atoms with E-state index in [1.165, 1.54) is 28.9 Å². The molecule has 24 heavy (non-hydrogen) atoms. The van der Waals surface area contributed by atoms with Crippen molar-refractivity contribution in [2.75, 3.05) is 26.0 Å². The molecule has 3 rings (SSSR count). The summed E-state index contributed by atoms with van der Waals surface area (Å²) in [6.45, 7) is 4.07. The van der Waals surface area contributed by atoms with Crippen LogP contribution in [0.25, 0.3) is 11.1 Å². The maximum Gasteiger partial charge on any atom is 0.0616 e. The third-order valence-corrected chi connectivity index (χ3v) is 6.43. The molecule has 2 aromatic rings. The minimum absolute atomic E-state index is 0.175. The summed E-state index contributed by atoms with van der Waals surface area (Å²) in [4.78, 5) is 0. The highest BCUT2D eigenvalue weighted by atomic mass is 32.2. The molecule has 0 bridgehead atoms. The van der Waals surface area contributed by atoms with E-state index >= 15 is 0 Å². The molecule has 1 saturated heterocycles. The van der Waals surface area contributed by atoms with Crippen LogP contribution in [0, 0.1) is 0 Å². The normalized spacial score (nSPS) is 23.5. The summed E-state index contributed by atoms with van der Waals surface area (Å²) in [5.74, 6) is 1.20. The van der Waals surface area contributed by atoms with E-state index < -0.39 is 0 Å². The first-order valence-corrected chi connectivity index (χ1v) is 9.78. The summed E-state index contributed by atoms with van der Waals surface area (Å²) in [5.41, 5.74) is 4.00. The van der Waals surface area contributed by atoms with Gasteiger partial charge in [-0.15, -0.1) is 11.8 Å². The molecule has 3 heteroatoms. The maximum atomic E-state index is 5.36. The van der Waals surface area contributed by atoms with Crippen molar-refractivity contribution in [1.82, 2.24) is 5.32 Å². The molecule has 1 fully saturated rings. The fourth-order valence-electron chi connectivity index (χ4n) is 3.48. The SMILES string of the molecule is CCCSC1(c2ccc(-c3ccccc3)cc2)CNC(COC)C1. The van der Waals surface area contributed by atoms with Crippen LogP contribution in [0.5, 0.6) is 0 Å². The second kappa shape index (κ2) is 8.19. The number of ether oxygens (including phenoxy) is 1. The third-order valence-electron chi connectivity index (χ3n) is 4.72. The molecule has 0 saturated carbocycles. The molecule has 0 spiro atoms. The minimum Gasteiger partial charge on any atom is -0.383 e. The smallest absolute Gasteiger partial charge is 0.0616 e. The van der Waals surface area contributed by atoms with E-state index in [1.54, 1.807) is 7.11 Å². The van der Waals surface area contributed by atoms with Gasteiger partial charge < -0.3 is 10.1 Å². The van der Waals surface area contributed by atoms with Crippen molar-refractivity contribution in [1.29, 1.82) is 0 Å². The van der Waals surface area contributed by atoms with Crippen molar-refractivity contribution in [3.63, 3.8) is 0 Å². The minimum atomic E-state index is 0.175. The Bertz CT molecular complexity index is 628. The molecule has 0 aromatic heterocycles. The predicted octanol–water partition coefficient (Wildman–Crippen LogP) is 4.70. The van der Waals surface area contributed by atoms with Gasteiger partial charge in [0.05, 0.1) is 11.4 Å². The van der Waals surface area contributed by atoms with Crippen LogP contribution in [0.3, 0.4) is 0 Å². The second-order valence-corrected chi connectivity index (χ2v) is 8.00. The number of methoxy groups -OCH3 is 1. The first-order valence-electron chi connectivity index (χ1n) is 8.79. The van der Waals surface area contributed by atoms with Crippen LogP contribution in [0.1, 0.15) is 25.3 Å². The summed E-state index contributed by atoms with van der Waals surface area (Å²) in [5, 5.41) is 3.66.